The highest BCUT2D eigenvalue weighted by atomic mass is 19.5. The summed E-state index contributed by atoms with van der Waals surface area (Å²) in [6, 6.07) is 0. The van der Waals surface area contributed by atoms with Crippen molar-refractivity contribution < 1.29 is 27.2 Å². The van der Waals surface area contributed by atoms with Crippen molar-refractivity contribution in [3.8, 4) is 0 Å². The third-order valence-electron chi connectivity index (χ3n) is 9.10. The molecule has 0 fully saturated rings. The zero-order chi connectivity index (χ0) is 35.1. The molecule has 4 N–H and O–H groups in total. The standard InChI is InChI=1S/C38H76N2O2.CF4/c39-37(41)35-33-31-29-27-25-23-21-19-17-15-13-11-9-7-5-3-1-2-4-6-8-10-12-14-16-18-20-22-24-26-28-30-32-34-36-38(40)42;2-1(3,4)5/h1-36H2,(H2,39,41)(H2,40,42);. The summed E-state index contributed by atoms with van der Waals surface area (Å²) in [6.45, 7) is 0. The van der Waals surface area contributed by atoms with Crippen LogP contribution in [0.1, 0.15) is 231 Å². The number of halogens is 4. The molecule has 0 saturated carbocycles. The highest BCUT2D eigenvalue weighted by Crippen LogP contribution is 2.17. The molecule has 0 saturated heterocycles. The highest BCUT2D eigenvalue weighted by molar-refractivity contribution is 5.73. The number of hydrogen-bond acceptors (Lipinski definition) is 2. The zero-order valence-electron chi connectivity index (χ0n) is 30.4. The van der Waals surface area contributed by atoms with Crippen molar-refractivity contribution in [3.63, 3.8) is 0 Å². The first-order chi connectivity index (χ1) is 22.6. The largest absolute Gasteiger partial charge is 0.559 e. The maximum atomic E-state index is 10.7. The number of unbranched alkanes of at least 4 members (excludes halogenated alkanes) is 33. The first kappa shape index (κ1) is 47.8. The molecule has 0 unspecified atom stereocenters. The van der Waals surface area contributed by atoms with E-state index >= 15 is 0 Å². The van der Waals surface area contributed by atoms with Crippen LogP contribution >= 0.6 is 0 Å². The second-order valence-electron chi connectivity index (χ2n) is 13.9. The molecule has 0 radical (unpaired) electrons. The van der Waals surface area contributed by atoms with Gasteiger partial charge in [0.25, 0.3) is 0 Å². The fourth-order valence-electron chi connectivity index (χ4n) is 6.26. The highest BCUT2D eigenvalue weighted by Gasteiger charge is 2.24. The molecule has 0 aromatic carbocycles. The van der Waals surface area contributed by atoms with E-state index in [4.69, 9.17) is 11.5 Å². The van der Waals surface area contributed by atoms with Gasteiger partial charge in [-0.1, -0.05) is 205 Å². The van der Waals surface area contributed by atoms with Gasteiger partial charge in [0.15, 0.2) is 0 Å². The number of primary amides is 2. The van der Waals surface area contributed by atoms with Crippen LogP contribution in [-0.2, 0) is 9.59 Å². The first-order valence-electron chi connectivity index (χ1n) is 19.9. The number of carbonyl (C=O) groups is 2. The molecule has 0 bridgehead atoms. The lowest BCUT2D eigenvalue weighted by Crippen LogP contribution is -2.09. The summed E-state index contributed by atoms with van der Waals surface area (Å²) in [5, 5.41) is 0. The molecule has 0 atom stereocenters. The van der Waals surface area contributed by atoms with E-state index in [1.54, 1.807) is 0 Å². The summed E-state index contributed by atoms with van der Waals surface area (Å²) >= 11 is 0. The quantitative estimate of drug-likeness (QED) is 0.0505. The number of rotatable bonds is 37. The van der Waals surface area contributed by atoms with Gasteiger partial charge in [-0.3, -0.25) is 9.59 Å². The maximum absolute atomic E-state index is 10.7. The number of nitrogens with two attached hydrogens (primary N) is 2. The van der Waals surface area contributed by atoms with Crippen LogP contribution in [0.4, 0.5) is 17.6 Å². The van der Waals surface area contributed by atoms with Crippen molar-refractivity contribution >= 4 is 11.8 Å². The minimum absolute atomic E-state index is 0.152. The van der Waals surface area contributed by atoms with Crippen LogP contribution in [0.2, 0.25) is 0 Å². The van der Waals surface area contributed by atoms with Crippen molar-refractivity contribution in [3.05, 3.63) is 0 Å². The van der Waals surface area contributed by atoms with Gasteiger partial charge in [0.05, 0.1) is 0 Å². The molecule has 8 heteroatoms. The molecule has 0 aliphatic rings. The lowest BCUT2D eigenvalue weighted by Gasteiger charge is -2.05. The predicted molar refractivity (Wildman–Crippen MR) is 192 cm³/mol. The van der Waals surface area contributed by atoms with Crippen LogP contribution in [0.15, 0.2) is 0 Å². The molecule has 0 heterocycles. The van der Waals surface area contributed by atoms with E-state index in [0.29, 0.717) is 12.8 Å². The molecule has 47 heavy (non-hydrogen) atoms. The Labute approximate surface area is 287 Å². The van der Waals surface area contributed by atoms with E-state index in [-0.39, 0.29) is 11.8 Å². The second kappa shape index (κ2) is 39.1. The van der Waals surface area contributed by atoms with Gasteiger partial charge in [-0.2, -0.15) is 0 Å². The van der Waals surface area contributed by atoms with Crippen LogP contribution < -0.4 is 11.5 Å². The Kier molecular flexibility index (Phi) is 39.7. The summed E-state index contributed by atoms with van der Waals surface area (Å²) in [6.07, 6.45) is 42.4. The van der Waals surface area contributed by atoms with Crippen molar-refractivity contribution in [2.24, 2.45) is 11.5 Å². The molecule has 282 valence electrons. The molecule has 0 aliphatic carbocycles. The van der Waals surface area contributed by atoms with Crippen molar-refractivity contribution in [1.29, 1.82) is 0 Å². The van der Waals surface area contributed by atoms with Gasteiger partial charge in [0.2, 0.25) is 11.8 Å². The van der Waals surface area contributed by atoms with Crippen molar-refractivity contribution in [2.45, 2.75) is 238 Å². The Balaban J connectivity index is 0. The minimum atomic E-state index is -5.50. The van der Waals surface area contributed by atoms with E-state index in [0.717, 1.165) is 25.7 Å². The summed E-state index contributed by atoms with van der Waals surface area (Å²) < 4.78 is 38.8. The van der Waals surface area contributed by atoms with E-state index < -0.39 is 6.43 Å². The van der Waals surface area contributed by atoms with Crippen LogP contribution in [0.25, 0.3) is 0 Å². The average molecular weight is 681 g/mol. The summed E-state index contributed by atoms with van der Waals surface area (Å²) in [7, 11) is 0. The fraction of sp³-hybridized carbons (Fsp3) is 0.949. The molecule has 0 spiro atoms. The Hall–Kier alpha value is -1.34. The summed E-state index contributed by atoms with van der Waals surface area (Å²) in [5.41, 5.74) is 10.3. The monoisotopic (exact) mass is 681 g/mol. The number of amides is 2. The molecule has 0 rings (SSSR count). The smallest absolute Gasteiger partial charge is 0.370 e. The van der Waals surface area contributed by atoms with Gasteiger partial charge >= 0.3 is 6.43 Å². The molecule has 0 aromatic heterocycles. The molecular formula is C39H76F4N2O2. The van der Waals surface area contributed by atoms with Crippen molar-refractivity contribution in [1.82, 2.24) is 0 Å². The minimum Gasteiger partial charge on any atom is -0.370 e. The van der Waals surface area contributed by atoms with Gasteiger partial charge < -0.3 is 11.5 Å². The maximum Gasteiger partial charge on any atom is 0.559 e. The Bertz CT molecular complexity index is 593. The van der Waals surface area contributed by atoms with E-state index in [1.807, 2.05) is 0 Å². The van der Waals surface area contributed by atoms with Gasteiger partial charge in [0, 0.05) is 12.8 Å². The van der Waals surface area contributed by atoms with E-state index in [2.05, 4.69) is 0 Å². The molecular weight excluding hydrogens is 604 g/mol. The third-order valence-corrected chi connectivity index (χ3v) is 9.10. The van der Waals surface area contributed by atoms with Crippen LogP contribution in [0, 0.1) is 0 Å². The first-order valence-corrected chi connectivity index (χ1v) is 19.9. The van der Waals surface area contributed by atoms with E-state index in [9.17, 15) is 27.2 Å². The predicted octanol–water partition coefficient (Wildman–Crippen LogP) is 13.5. The third kappa shape index (κ3) is 57.3. The van der Waals surface area contributed by atoms with Crippen molar-refractivity contribution in [2.75, 3.05) is 0 Å². The van der Waals surface area contributed by atoms with Gasteiger partial charge in [0.1, 0.15) is 0 Å². The average Bonchev–Trinajstić information content (AvgIpc) is 2.99. The van der Waals surface area contributed by atoms with Gasteiger partial charge in [-0.15, -0.1) is 17.6 Å². The lowest BCUT2D eigenvalue weighted by atomic mass is 10.0. The lowest BCUT2D eigenvalue weighted by molar-refractivity contribution is -0.237. The zero-order valence-corrected chi connectivity index (χ0v) is 30.4. The normalized spacial score (nSPS) is 11.4. The molecule has 4 nitrogen and oxygen atoms in total. The van der Waals surface area contributed by atoms with Crippen LogP contribution in [-0.4, -0.2) is 18.2 Å². The Morgan fingerprint density at radius 3 is 0.447 bits per heavy atom. The SMILES string of the molecule is FC(F)(F)F.NC(=O)CCCCCCCCCCCCCCCCCCCCCCCCCCCCCCCCCCCCC(N)=O. The molecule has 0 aliphatic heterocycles. The Morgan fingerprint density at radius 2 is 0.362 bits per heavy atom. The molecule has 0 aromatic rings. The number of alkyl halides is 4. The topological polar surface area (TPSA) is 86.2 Å². The number of hydrogen-bond donors (Lipinski definition) is 2. The van der Waals surface area contributed by atoms with Crippen LogP contribution in [0.5, 0.6) is 0 Å². The number of carbonyl (C=O) groups excluding carboxylic acids is 2. The fourth-order valence-corrected chi connectivity index (χ4v) is 6.26. The van der Waals surface area contributed by atoms with Gasteiger partial charge in [-0.25, -0.2) is 0 Å². The van der Waals surface area contributed by atoms with E-state index in [1.165, 1.54) is 193 Å². The van der Waals surface area contributed by atoms with Gasteiger partial charge in [-0.05, 0) is 12.8 Å². The van der Waals surface area contributed by atoms with Crippen LogP contribution in [0.3, 0.4) is 0 Å². The molecule has 2 amide bonds. The second-order valence-corrected chi connectivity index (χ2v) is 13.9. The summed E-state index contributed by atoms with van der Waals surface area (Å²) in [4.78, 5) is 21.4. The Morgan fingerprint density at radius 1 is 0.277 bits per heavy atom. The summed E-state index contributed by atoms with van der Waals surface area (Å²) in [5.74, 6) is -0.304.